The fourth-order valence-electron chi connectivity index (χ4n) is 4.38. The Hall–Kier alpha value is -3.61. The van der Waals surface area contributed by atoms with E-state index < -0.39 is 6.89 Å². The van der Waals surface area contributed by atoms with Crippen molar-refractivity contribution in [3.05, 3.63) is 132 Å². The molecule has 0 heterocycles. The molecule has 150 valence electrons. The van der Waals surface area contributed by atoms with Crippen LogP contribution in [0.4, 0.5) is 0 Å². The number of carbonyl (C=O) groups excluding carboxylic acids is 1. The first-order valence-electron chi connectivity index (χ1n) is 10.2. The topological polar surface area (TPSA) is 37.3 Å². The smallest absolute Gasteiger partial charge is 0.194 e. The second-order valence-electron chi connectivity index (χ2n) is 7.47. The van der Waals surface area contributed by atoms with E-state index in [1.165, 1.54) is 0 Å². The molecule has 0 radical (unpaired) electrons. The summed E-state index contributed by atoms with van der Waals surface area (Å²) >= 11 is 0. The van der Waals surface area contributed by atoms with E-state index in [1.54, 1.807) is 18.2 Å². The zero-order valence-electron chi connectivity index (χ0n) is 16.8. The maximum absolute atomic E-state index is 14.0. The highest BCUT2D eigenvalue weighted by molar-refractivity contribution is 7.96. The van der Waals surface area contributed by atoms with Crippen LogP contribution in [-0.4, -0.2) is 16.2 Å². The molecule has 3 heteroatoms. The number of hydrogen-bond donors (Lipinski definition) is 1. The van der Waals surface area contributed by atoms with Crippen LogP contribution in [0.15, 0.2) is 121 Å². The first-order chi connectivity index (χ1) is 15.2. The maximum atomic E-state index is 14.0. The zero-order chi connectivity index (χ0) is 21.3. The molecular formula is C28H21O2P. The van der Waals surface area contributed by atoms with Crippen LogP contribution in [0.5, 0.6) is 0 Å². The largest absolute Gasteiger partial charge is 0.507 e. The van der Waals surface area contributed by atoms with Gasteiger partial charge in [-0.25, -0.2) is 0 Å². The SMILES string of the molecule is O=C1C(=P(c2ccccc2)(c2ccccc2)c2ccccc2)C=C(O)c2ccccc21. The number of Topliss-reactive ketones (excluding diaryl/α,β-unsaturated/α-hetero) is 1. The second-order valence-corrected chi connectivity index (χ2v) is 10.8. The van der Waals surface area contributed by atoms with Gasteiger partial charge in [0, 0.05) is 16.4 Å². The van der Waals surface area contributed by atoms with Crippen LogP contribution in [0, 0.1) is 0 Å². The summed E-state index contributed by atoms with van der Waals surface area (Å²) in [5, 5.41) is 14.9. The zero-order valence-corrected chi connectivity index (χ0v) is 17.7. The molecule has 0 aromatic heterocycles. The van der Waals surface area contributed by atoms with Crippen LogP contribution in [0.2, 0.25) is 0 Å². The maximum Gasteiger partial charge on any atom is 0.194 e. The number of hydrogen-bond acceptors (Lipinski definition) is 2. The lowest BCUT2D eigenvalue weighted by atomic mass is 9.95. The van der Waals surface area contributed by atoms with Crippen molar-refractivity contribution in [2.24, 2.45) is 0 Å². The lowest BCUT2D eigenvalue weighted by Gasteiger charge is -2.32. The van der Waals surface area contributed by atoms with Crippen molar-refractivity contribution in [1.29, 1.82) is 0 Å². The number of aliphatic hydroxyl groups is 1. The van der Waals surface area contributed by atoms with Crippen molar-refractivity contribution in [3.63, 3.8) is 0 Å². The molecule has 1 aliphatic rings. The highest BCUT2D eigenvalue weighted by Crippen LogP contribution is 2.48. The first-order valence-corrected chi connectivity index (χ1v) is 12.0. The summed E-state index contributed by atoms with van der Waals surface area (Å²) in [5.74, 6) is 0.107. The summed E-state index contributed by atoms with van der Waals surface area (Å²) in [4.78, 5) is 14.0. The Kier molecular flexibility index (Phi) is 4.94. The highest BCUT2D eigenvalue weighted by atomic mass is 31.2. The first kappa shape index (κ1) is 19.4. The van der Waals surface area contributed by atoms with Crippen LogP contribution in [0.3, 0.4) is 0 Å². The van der Waals surface area contributed by atoms with Gasteiger partial charge in [0.25, 0.3) is 0 Å². The number of fused-ring (bicyclic) bond motifs is 1. The van der Waals surface area contributed by atoms with Crippen LogP contribution < -0.4 is 15.9 Å². The summed E-state index contributed by atoms with van der Waals surface area (Å²) in [6.07, 6.45) is 1.70. The third-order valence-electron chi connectivity index (χ3n) is 5.75. The normalized spacial score (nSPS) is 13.5. The molecule has 0 saturated heterocycles. The van der Waals surface area contributed by atoms with Crippen molar-refractivity contribution < 1.29 is 9.90 Å². The molecular weight excluding hydrogens is 399 g/mol. The Balaban J connectivity index is 2.02. The minimum absolute atomic E-state index is 0.0294. The van der Waals surface area contributed by atoms with Gasteiger partial charge >= 0.3 is 0 Å². The predicted molar refractivity (Wildman–Crippen MR) is 132 cm³/mol. The summed E-state index contributed by atoms with van der Waals surface area (Å²) in [6.45, 7) is -2.55. The third kappa shape index (κ3) is 3.08. The van der Waals surface area contributed by atoms with E-state index in [0.717, 1.165) is 15.9 Å². The van der Waals surface area contributed by atoms with Crippen molar-refractivity contribution in [2.75, 3.05) is 0 Å². The summed E-state index contributed by atoms with van der Waals surface area (Å²) in [5.41, 5.74) is 1.13. The molecule has 0 fully saturated rings. The van der Waals surface area contributed by atoms with E-state index >= 15 is 0 Å². The standard InChI is InChI=1S/C28H21O2P/c29-26-20-27(28(30)25-19-11-10-18-24(25)26)31(21-12-4-1-5-13-21,22-14-6-2-7-15-22)23-16-8-3-9-17-23/h1-20,29H. The number of aliphatic hydroxyl groups excluding tert-OH is 1. The van der Waals surface area contributed by atoms with Gasteiger partial charge in [-0.05, 0) is 28.9 Å². The lowest BCUT2D eigenvalue weighted by molar-refractivity contribution is 0.106. The molecule has 0 amide bonds. The van der Waals surface area contributed by atoms with Crippen molar-refractivity contribution in [3.8, 4) is 0 Å². The van der Waals surface area contributed by atoms with E-state index in [4.69, 9.17) is 0 Å². The molecule has 1 aliphatic carbocycles. The molecule has 4 aromatic carbocycles. The van der Waals surface area contributed by atoms with Gasteiger partial charge in [0.05, 0.1) is 0 Å². The summed E-state index contributed by atoms with van der Waals surface area (Å²) in [6, 6.07) is 37.9. The van der Waals surface area contributed by atoms with Gasteiger partial charge < -0.3 is 5.11 Å². The molecule has 0 aliphatic heterocycles. The molecule has 5 rings (SSSR count). The molecule has 4 aromatic rings. The highest BCUT2D eigenvalue weighted by Gasteiger charge is 2.35. The van der Waals surface area contributed by atoms with Crippen LogP contribution in [0.1, 0.15) is 15.9 Å². The Morgan fingerprint density at radius 1 is 0.516 bits per heavy atom. The molecule has 0 spiro atoms. The average Bonchev–Trinajstić information content (AvgIpc) is 2.85. The monoisotopic (exact) mass is 420 g/mol. The fourth-order valence-corrected chi connectivity index (χ4v) is 8.71. The lowest BCUT2D eigenvalue weighted by Crippen LogP contribution is -2.34. The molecule has 0 unspecified atom stereocenters. The summed E-state index contributed by atoms with van der Waals surface area (Å²) < 4.78 is 0. The van der Waals surface area contributed by atoms with Crippen molar-refractivity contribution in [2.45, 2.75) is 0 Å². The van der Waals surface area contributed by atoms with Gasteiger partial charge in [0.1, 0.15) is 5.76 Å². The van der Waals surface area contributed by atoms with Gasteiger partial charge in [-0.2, -0.15) is 0 Å². The predicted octanol–water partition coefficient (Wildman–Crippen LogP) is 4.95. The Morgan fingerprint density at radius 2 is 0.903 bits per heavy atom. The number of ketones is 1. The molecule has 0 bridgehead atoms. The van der Waals surface area contributed by atoms with Crippen LogP contribution in [0.25, 0.3) is 5.76 Å². The number of rotatable bonds is 3. The van der Waals surface area contributed by atoms with Crippen LogP contribution >= 0.6 is 6.89 Å². The van der Waals surface area contributed by atoms with E-state index in [-0.39, 0.29) is 11.5 Å². The molecule has 0 atom stereocenters. The average molecular weight is 420 g/mol. The quantitative estimate of drug-likeness (QED) is 0.477. The Morgan fingerprint density at radius 3 is 1.35 bits per heavy atom. The van der Waals surface area contributed by atoms with E-state index in [1.807, 2.05) is 66.7 Å². The molecule has 1 N–H and O–H groups in total. The van der Waals surface area contributed by atoms with Gasteiger partial charge in [-0.1, -0.05) is 115 Å². The number of benzene rings is 4. The van der Waals surface area contributed by atoms with Gasteiger partial charge in [-0.3, -0.25) is 4.79 Å². The third-order valence-corrected chi connectivity index (χ3v) is 10.0. The molecule has 0 saturated carbocycles. The fraction of sp³-hybridized carbons (Fsp3) is 0. The minimum atomic E-state index is -2.55. The number of carbonyl (C=O) groups is 1. The van der Waals surface area contributed by atoms with E-state index in [0.29, 0.717) is 16.4 Å². The number of allylic oxidation sites excluding steroid dienone is 1. The Bertz CT molecular complexity index is 1230. The van der Waals surface area contributed by atoms with Gasteiger partial charge in [0.15, 0.2) is 5.78 Å². The minimum Gasteiger partial charge on any atom is -0.507 e. The summed E-state index contributed by atoms with van der Waals surface area (Å²) in [7, 11) is 0. The van der Waals surface area contributed by atoms with Gasteiger partial charge in [0.2, 0.25) is 0 Å². The van der Waals surface area contributed by atoms with Crippen molar-refractivity contribution in [1.82, 2.24) is 0 Å². The Labute approximate surface area is 182 Å². The van der Waals surface area contributed by atoms with E-state index in [2.05, 4.69) is 36.4 Å². The van der Waals surface area contributed by atoms with E-state index in [9.17, 15) is 9.90 Å². The molecule has 2 nitrogen and oxygen atoms in total. The molecule has 31 heavy (non-hydrogen) atoms. The van der Waals surface area contributed by atoms with Crippen molar-refractivity contribution >= 4 is 39.6 Å². The van der Waals surface area contributed by atoms with Gasteiger partial charge in [-0.15, -0.1) is 0 Å². The van der Waals surface area contributed by atoms with Crippen LogP contribution in [-0.2, 0) is 0 Å². The second kappa shape index (κ2) is 7.91.